The van der Waals surface area contributed by atoms with Crippen LogP contribution in [0.2, 0.25) is 0 Å². The second-order valence-corrected chi connectivity index (χ2v) is 2.46. The van der Waals surface area contributed by atoms with Crippen molar-refractivity contribution >= 4 is 5.91 Å². The van der Waals surface area contributed by atoms with Gasteiger partial charge in [0.25, 0.3) is 0 Å². The van der Waals surface area contributed by atoms with E-state index in [0.717, 1.165) is 0 Å². The zero-order valence-corrected chi connectivity index (χ0v) is 6.27. The monoisotopic (exact) mass is 137 g/mol. The SMILES string of the molecule is C#CC(C)(C)NC(=O)C=C. The van der Waals surface area contributed by atoms with Crippen LogP contribution < -0.4 is 5.32 Å². The van der Waals surface area contributed by atoms with Gasteiger partial charge in [-0.05, 0) is 19.9 Å². The lowest BCUT2D eigenvalue weighted by atomic mass is 10.1. The standard InChI is InChI=1S/C8H11NO/c1-5-7(10)9-8(3,4)6-2/h2,5H,1H2,3-4H3,(H,9,10). The summed E-state index contributed by atoms with van der Waals surface area (Å²) in [5.41, 5.74) is -0.578. The number of hydrogen-bond acceptors (Lipinski definition) is 1. The minimum Gasteiger partial charge on any atom is -0.337 e. The Balaban J connectivity index is 4.04. The summed E-state index contributed by atoms with van der Waals surface area (Å²) >= 11 is 0. The lowest BCUT2D eigenvalue weighted by molar-refractivity contribution is -0.117. The summed E-state index contributed by atoms with van der Waals surface area (Å²) in [6, 6.07) is 0. The summed E-state index contributed by atoms with van der Waals surface area (Å²) in [5.74, 6) is 2.18. The van der Waals surface area contributed by atoms with Gasteiger partial charge in [0, 0.05) is 0 Å². The molecule has 0 radical (unpaired) electrons. The number of rotatable bonds is 2. The minimum atomic E-state index is -0.578. The Labute approximate surface area is 61.3 Å². The number of terminal acetylenes is 1. The predicted octanol–water partition coefficient (Wildman–Crippen LogP) is 0.700. The lowest BCUT2D eigenvalue weighted by Crippen LogP contribution is -2.41. The fourth-order valence-corrected chi connectivity index (χ4v) is 0.395. The van der Waals surface area contributed by atoms with Gasteiger partial charge in [-0.15, -0.1) is 6.42 Å². The first-order valence-electron chi connectivity index (χ1n) is 2.94. The highest BCUT2D eigenvalue weighted by Gasteiger charge is 2.13. The summed E-state index contributed by atoms with van der Waals surface area (Å²) in [6.07, 6.45) is 6.30. The molecule has 0 bridgehead atoms. The maximum atomic E-state index is 10.7. The molecule has 54 valence electrons. The number of carbonyl (C=O) groups is 1. The molecule has 0 fully saturated rings. The Morgan fingerprint density at radius 3 is 2.60 bits per heavy atom. The molecule has 2 nitrogen and oxygen atoms in total. The van der Waals surface area contributed by atoms with Gasteiger partial charge in [0.05, 0.1) is 5.54 Å². The van der Waals surface area contributed by atoms with Crippen LogP contribution in [0.1, 0.15) is 13.8 Å². The third-order valence-corrected chi connectivity index (χ3v) is 0.982. The minimum absolute atomic E-state index is 0.247. The van der Waals surface area contributed by atoms with Gasteiger partial charge in [0.1, 0.15) is 0 Å². The van der Waals surface area contributed by atoms with Crippen LogP contribution in [0.3, 0.4) is 0 Å². The number of nitrogens with one attached hydrogen (secondary N) is 1. The molecule has 0 aliphatic rings. The Kier molecular flexibility index (Phi) is 2.69. The fourth-order valence-electron chi connectivity index (χ4n) is 0.395. The molecule has 0 saturated heterocycles. The Bertz CT molecular complexity index is 186. The Hall–Kier alpha value is -1.23. The third-order valence-electron chi connectivity index (χ3n) is 0.982. The molecular formula is C8H11NO. The van der Waals surface area contributed by atoms with Crippen molar-refractivity contribution in [1.29, 1.82) is 0 Å². The summed E-state index contributed by atoms with van der Waals surface area (Å²) in [4.78, 5) is 10.7. The van der Waals surface area contributed by atoms with Crippen LogP contribution in [-0.2, 0) is 4.79 Å². The smallest absolute Gasteiger partial charge is 0.244 e. The molecule has 10 heavy (non-hydrogen) atoms. The van der Waals surface area contributed by atoms with Crippen molar-refractivity contribution in [2.45, 2.75) is 19.4 Å². The molecule has 0 saturated carbocycles. The van der Waals surface area contributed by atoms with E-state index >= 15 is 0 Å². The van der Waals surface area contributed by atoms with Crippen LogP contribution >= 0.6 is 0 Å². The maximum absolute atomic E-state index is 10.7. The van der Waals surface area contributed by atoms with Gasteiger partial charge in [-0.2, -0.15) is 0 Å². The maximum Gasteiger partial charge on any atom is 0.244 e. The lowest BCUT2D eigenvalue weighted by Gasteiger charge is -2.17. The summed E-state index contributed by atoms with van der Waals surface area (Å²) in [5, 5.41) is 2.56. The molecule has 0 heterocycles. The molecule has 0 atom stereocenters. The van der Waals surface area contributed by atoms with E-state index in [0.29, 0.717) is 0 Å². The molecule has 0 aromatic rings. The van der Waals surface area contributed by atoms with Gasteiger partial charge in [0.2, 0.25) is 5.91 Å². The summed E-state index contributed by atoms with van der Waals surface area (Å²) in [7, 11) is 0. The number of amides is 1. The van der Waals surface area contributed by atoms with Gasteiger partial charge in [0.15, 0.2) is 0 Å². The average molecular weight is 137 g/mol. The molecule has 0 aliphatic carbocycles. The van der Waals surface area contributed by atoms with E-state index in [1.54, 1.807) is 13.8 Å². The second kappa shape index (κ2) is 3.07. The highest BCUT2D eigenvalue weighted by Crippen LogP contribution is 1.97. The molecule has 0 unspecified atom stereocenters. The van der Waals surface area contributed by atoms with Crippen molar-refractivity contribution in [3.05, 3.63) is 12.7 Å². The summed E-state index contributed by atoms with van der Waals surface area (Å²) < 4.78 is 0. The van der Waals surface area contributed by atoms with Crippen molar-refractivity contribution < 1.29 is 4.79 Å². The molecule has 0 aliphatic heterocycles. The van der Waals surface area contributed by atoms with E-state index in [-0.39, 0.29) is 5.91 Å². The largest absolute Gasteiger partial charge is 0.337 e. The third kappa shape index (κ3) is 2.93. The Morgan fingerprint density at radius 1 is 1.80 bits per heavy atom. The van der Waals surface area contributed by atoms with E-state index in [9.17, 15) is 4.79 Å². The van der Waals surface area contributed by atoms with Crippen LogP contribution in [0.25, 0.3) is 0 Å². The van der Waals surface area contributed by atoms with Crippen molar-refractivity contribution in [3.63, 3.8) is 0 Å². The van der Waals surface area contributed by atoms with Gasteiger partial charge in [-0.25, -0.2) is 0 Å². The predicted molar refractivity (Wildman–Crippen MR) is 41.3 cm³/mol. The molecular weight excluding hydrogens is 126 g/mol. The topological polar surface area (TPSA) is 29.1 Å². The van der Waals surface area contributed by atoms with Crippen molar-refractivity contribution in [2.75, 3.05) is 0 Å². The molecule has 1 N–H and O–H groups in total. The van der Waals surface area contributed by atoms with Crippen molar-refractivity contribution in [3.8, 4) is 12.3 Å². The van der Waals surface area contributed by atoms with Crippen LogP contribution in [0.4, 0.5) is 0 Å². The van der Waals surface area contributed by atoms with Crippen LogP contribution in [0, 0.1) is 12.3 Å². The average Bonchev–Trinajstić information content (AvgIpc) is 1.87. The van der Waals surface area contributed by atoms with E-state index in [2.05, 4.69) is 17.8 Å². The zero-order chi connectivity index (χ0) is 8.20. The Morgan fingerprint density at radius 2 is 2.30 bits per heavy atom. The van der Waals surface area contributed by atoms with Crippen LogP contribution in [-0.4, -0.2) is 11.4 Å². The zero-order valence-electron chi connectivity index (χ0n) is 6.27. The highest BCUT2D eigenvalue weighted by atomic mass is 16.1. The van der Waals surface area contributed by atoms with E-state index in [1.165, 1.54) is 6.08 Å². The molecule has 0 spiro atoms. The quantitative estimate of drug-likeness (QED) is 0.440. The molecule has 2 heteroatoms. The van der Waals surface area contributed by atoms with Crippen LogP contribution in [0.15, 0.2) is 12.7 Å². The molecule has 0 aromatic carbocycles. The molecule has 0 rings (SSSR count). The van der Waals surface area contributed by atoms with Gasteiger partial charge in [-0.1, -0.05) is 12.5 Å². The van der Waals surface area contributed by atoms with Gasteiger partial charge >= 0.3 is 0 Å². The van der Waals surface area contributed by atoms with E-state index in [1.807, 2.05) is 0 Å². The van der Waals surface area contributed by atoms with E-state index < -0.39 is 5.54 Å². The van der Waals surface area contributed by atoms with Gasteiger partial charge in [-0.3, -0.25) is 4.79 Å². The molecule has 1 amide bonds. The summed E-state index contributed by atoms with van der Waals surface area (Å²) in [6.45, 7) is 6.79. The first-order valence-corrected chi connectivity index (χ1v) is 2.94. The van der Waals surface area contributed by atoms with Crippen molar-refractivity contribution in [1.82, 2.24) is 5.32 Å². The fraction of sp³-hybridized carbons (Fsp3) is 0.375. The second-order valence-electron chi connectivity index (χ2n) is 2.46. The first-order chi connectivity index (χ1) is 4.52. The van der Waals surface area contributed by atoms with E-state index in [4.69, 9.17) is 6.42 Å². The number of hydrogen-bond donors (Lipinski definition) is 1. The number of carbonyl (C=O) groups excluding carboxylic acids is 1. The molecule has 0 aromatic heterocycles. The normalized spacial score (nSPS) is 9.70. The van der Waals surface area contributed by atoms with Gasteiger partial charge < -0.3 is 5.32 Å². The van der Waals surface area contributed by atoms with Crippen molar-refractivity contribution in [2.24, 2.45) is 0 Å². The first kappa shape index (κ1) is 8.77. The van der Waals surface area contributed by atoms with Crippen LogP contribution in [0.5, 0.6) is 0 Å². The highest BCUT2D eigenvalue weighted by molar-refractivity contribution is 5.87.